The third-order valence-corrected chi connectivity index (χ3v) is 3.85. The lowest BCUT2D eigenvalue weighted by atomic mass is 9.92. The smallest absolute Gasteiger partial charge is 0.277 e. The molecule has 1 aliphatic rings. The molecule has 0 bridgehead atoms. The Morgan fingerprint density at radius 3 is 2.45 bits per heavy atom. The van der Waals surface area contributed by atoms with Gasteiger partial charge < -0.3 is 0 Å². The molecule has 1 fully saturated rings. The number of hydrogen-bond donors (Lipinski definition) is 1. The Labute approximate surface area is 125 Å². The fourth-order valence-electron chi connectivity index (χ4n) is 2.20. The van der Waals surface area contributed by atoms with Crippen LogP contribution in [0.1, 0.15) is 19.4 Å². The Morgan fingerprint density at radius 1 is 1.25 bits per heavy atom. The highest BCUT2D eigenvalue weighted by Crippen LogP contribution is 2.31. The van der Waals surface area contributed by atoms with E-state index in [-0.39, 0.29) is 5.92 Å². The van der Waals surface area contributed by atoms with Gasteiger partial charge in [0.05, 0.1) is 5.69 Å². The second kappa shape index (κ2) is 5.36. The van der Waals surface area contributed by atoms with Gasteiger partial charge in [0.2, 0.25) is 11.8 Å². The summed E-state index contributed by atoms with van der Waals surface area (Å²) in [5.74, 6) is -2.05. The second-order valence-corrected chi connectivity index (χ2v) is 6.00. The van der Waals surface area contributed by atoms with E-state index in [4.69, 9.17) is 0 Å². The van der Waals surface area contributed by atoms with Gasteiger partial charge in [-0.2, -0.15) is 0 Å². The predicted octanol–water partition coefficient (Wildman–Crippen LogP) is 2.61. The highest BCUT2D eigenvalue weighted by molar-refractivity contribution is 9.10. The van der Waals surface area contributed by atoms with Crippen LogP contribution in [0.5, 0.6) is 0 Å². The number of anilines is 1. The highest BCUT2D eigenvalue weighted by Gasteiger charge is 2.43. The van der Waals surface area contributed by atoms with E-state index < -0.39 is 23.8 Å². The fourth-order valence-corrected chi connectivity index (χ4v) is 2.87. The minimum absolute atomic E-state index is 0.178. The number of hydrogen-bond acceptors (Lipinski definition) is 3. The Kier molecular flexibility index (Phi) is 3.94. The number of urea groups is 1. The van der Waals surface area contributed by atoms with Crippen molar-refractivity contribution in [2.75, 3.05) is 4.90 Å². The molecule has 2 rings (SSSR count). The van der Waals surface area contributed by atoms with Crippen molar-refractivity contribution in [3.8, 4) is 0 Å². The third-order valence-electron chi connectivity index (χ3n) is 3.21. The first-order valence-corrected chi connectivity index (χ1v) is 7.07. The number of carbonyl (C=O) groups is 3. The van der Waals surface area contributed by atoms with Gasteiger partial charge in [0, 0.05) is 4.47 Å². The van der Waals surface area contributed by atoms with Gasteiger partial charge in [0.15, 0.2) is 0 Å². The number of imide groups is 2. The molecule has 5 nitrogen and oxygen atoms in total. The average molecular weight is 339 g/mol. The minimum Gasteiger partial charge on any atom is -0.277 e. The molecule has 1 atom stereocenters. The lowest BCUT2D eigenvalue weighted by Crippen LogP contribution is -2.59. The number of halogens is 1. The Hall–Kier alpha value is -1.69. The van der Waals surface area contributed by atoms with Crippen LogP contribution in [-0.2, 0) is 9.59 Å². The van der Waals surface area contributed by atoms with E-state index >= 15 is 0 Å². The van der Waals surface area contributed by atoms with Gasteiger partial charge in [0.1, 0.15) is 5.92 Å². The summed E-state index contributed by atoms with van der Waals surface area (Å²) in [6, 6.07) is 4.60. The first-order chi connectivity index (χ1) is 9.32. The zero-order valence-corrected chi connectivity index (χ0v) is 13.0. The van der Waals surface area contributed by atoms with Gasteiger partial charge in [-0.15, -0.1) is 0 Å². The number of carbonyl (C=O) groups excluding carboxylic acids is 3. The highest BCUT2D eigenvalue weighted by atomic mass is 79.9. The first-order valence-electron chi connectivity index (χ1n) is 6.28. The molecule has 1 aliphatic heterocycles. The molecule has 0 aliphatic carbocycles. The zero-order valence-electron chi connectivity index (χ0n) is 11.4. The molecule has 0 aromatic heterocycles. The number of nitrogens with zero attached hydrogens (tertiary/aromatic N) is 1. The topological polar surface area (TPSA) is 66.5 Å². The summed E-state index contributed by atoms with van der Waals surface area (Å²) >= 11 is 3.35. The largest absolute Gasteiger partial charge is 0.335 e. The molecule has 20 heavy (non-hydrogen) atoms. The number of barbiturate groups is 1. The van der Waals surface area contributed by atoms with Crippen molar-refractivity contribution in [2.45, 2.75) is 20.8 Å². The molecule has 1 saturated heterocycles. The molecule has 0 spiro atoms. The number of rotatable bonds is 2. The average Bonchev–Trinajstić information content (AvgIpc) is 2.30. The standard InChI is InChI=1S/C14H15BrN2O3/c1-7(2)11-12(18)16-14(20)17(13(11)19)10-5-4-8(3)6-9(10)15/h4-7,11H,1-3H3,(H,16,18,20). The van der Waals surface area contributed by atoms with Crippen molar-refractivity contribution >= 4 is 39.5 Å². The van der Waals surface area contributed by atoms with Crippen LogP contribution in [0.3, 0.4) is 0 Å². The first kappa shape index (κ1) is 14.7. The van der Waals surface area contributed by atoms with E-state index in [2.05, 4.69) is 21.2 Å². The van der Waals surface area contributed by atoms with Crippen molar-refractivity contribution in [2.24, 2.45) is 11.8 Å². The summed E-state index contributed by atoms with van der Waals surface area (Å²) in [6.45, 7) is 5.47. The van der Waals surface area contributed by atoms with Crippen LogP contribution >= 0.6 is 15.9 Å². The molecular formula is C14H15BrN2O3. The van der Waals surface area contributed by atoms with Crippen molar-refractivity contribution < 1.29 is 14.4 Å². The molecular weight excluding hydrogens is 324 g/mol. The molecule has 1 aromatic carbocycles. The maximum absolute atomic E-state index is 12.4. The summed E-state index contributed by atoms with van der Waals surface area (Å²) in [5, 5.41) is 2.24. The van der Waals surface area contributed by atoms with Gasteiger partial charge in [0.25, 0.3) is 0 Å². The van der Waals surface area contributed by atoms with E-state index in [9.17, 15) is 14.4 Å². The van der Waals surface area contributed by atoms with Gasteiger partial charge in [-0.05, 0) is 46.5 Å². The summed E-state index contributed by atoms with van der Waals surface area (Å²) in [7, 11) is 0. The summed E-state index contributed by atoms with van der Waals surface area (Å²) in [4.78, 5) is 37.2. The van der Waals surface area contributed by atoms with Crippen molar-refractivity contribution in [3.63, 3.8) is 0 Å². The second-order valence-electron chi connectivity index (χ2n) is 5.14. The summed E-state index contributed by atoms with van der Waals surface area (Å²) in [5.41, 5.74) is 1.44. The molecule has 1 unspecified atom stereocenters. The van der Waals surface area contributed by atoms with Gasteiger partial charge in [-0.3, -0.25) is 14.9 Å². The van der Waals surface area contributed by atoms with Crippen LogP contribution in [0, 0.1) is 18.8 Å². The number of nitrogens with one attached hydrogen (secondary N) is 1. The van der Waals surface area contributed by atoms with Gasteiger partial charge in [-0.25, -0.2) is 9.69 Å². The van der Waals surface area contributed by atoms with Crippen molar-refractivity contribution in [1.29, 1.82) is 0 Å². The molecule has 0 saturated carbocycles. The van der Waals surface area contributed by atoms with E-state index in [0.29, 0.717) is 10.2 Å². The van der Waals surface area contributed by atoms with Crippen molar-refractivity contribution in [1.82, 2.24) is 5.32 Å². The maximum atomic E-state index is 12.4. The van der Waals surface area contributed by atoms with E-state index in [1.54, 1.807) is 19.9 Å². The maximum Gasteiger partial charge on any atom is 0.335 e. The lowest BCUT2D eigenvalue weighted by Gasteiger charge is -2.32. The molecule has 1 heterocycles. The summed E-state index contributed by atoms with van der Waals surface area (Å²) in [6.07, 6.45) is 0. The number of amides is 4. The van der Waals surface area contributed by atoms with E-state index in [0.717, 1.165) is 10.5 Å². The minimum atomic E-state index is -0.846. The molecule has 0 radical (unpaired) electrons. The lowest BCUT2D eigenvalue weighted by molar-refractivity contribution is -0.136. The molecule has 4 amide bonds. The Morgan fingerprint density at radius 2 is 1.90 bits per heavy atom. The van der Waals surface area contributed by atoms with Crippen LogP contribution < -0.4 is 10.2 Å². The molecule has 1 aromatic rings. The monoisotopic (exact) mass is 338 g/mol. The number of benzene rings is 1. The van der Waals surface area contributed by atoms with E-state index in [1.165, 1.54) is 0 Å². The van der Waals surface area contributed by atoms with Crippen molar-refractivity contribution in [3.05, 3.63) is 28.2 Å². The van der Waals surface area contributed by atoms with Crippen LogP contribution in [-0.4, -0.2) is 17.8 Å². The fraction of sp³-hybridized carbons (Fsp3) is 0.357. The summed E-state index contributed by atoms with van der Waals surface area (Å²) < 4.78 is 0.637. The SMILES string of the molecule is Cc1ccc(N2C(=O)NC(=O)C(C(C)C)C2=O)c(Br)c1. The zero-order chi connectivity index (χ0) is 15.0. The van der Waals surface area contributed by atoms with Crippen LogP contribution in [0.15, 0.2) is 22.7 Å². The molecule has 6 heteroatoms. The Balaban J connectivity index is 2.46. The van der Waals surface area contributed by atoms with Gasteiger partial charge in [-0.1, -0.05) is 19.9 Å². The van der Waals surface area contributed by atoms with Gasteiger partial charge >= 0.3 is 6.03 Å². The quantitative estimate of drug-likeness (QED) is 0.843. The molecule has 106 valence electrons. The third kappa shape index (κ3) is 2.47. The van der Waals surface area contributed by atoms with Crippen LogP contribution in [0.25, 0.3) is 0 Å². The van der Waals surface area contributed by atoms with Crippen LogP contribution in [0.4, 0.5) is 10.5 Å². The van der Waals surface area contributed by atoms with Crippen LogP contribution in [0.2, 0.25) is 0 Å². The molecule has 1 N–H and O–H groups in total. The Bertz CT molecular complexity index is 598. The predicted molar refractivity (Wildman–Crippen MR) is 78.2 cm³/mol. The van der Waals surface area contributed by atoms with E-state index in [1.807, 2.05) is 19.1 Å². The number of aryl methyl sites for hydroxylation is 1. The normalized spacial score (nSPS) is 19.6.